The zero-order valence-corrected chi connectivity index (χ0v) is 8.41. The number of carbonyl (C=O) groups excluding carboxylic acids is 1. The molecule has 0 aromatic rings. The number of hydrogen-bond donors (Lipinski definition) is 2. The van der Waals surface area contributed by atoms with E-state index in [0.717, 1.165) is 12.8 Å². The molecule has 3 N–H and O–H groups in total. The lowest BCUT2D eigenvalue weighted by Gasteiger charge is -2.42. The van der Waals surface area contributed by atoms with Crippen LogP contribution in [-0.2, 0) is 4.79 Å². The second-order valence-corrected chi connectivity index (χ2v) is 4.69. The van der Waals surface area contributed by atoms with Gasteiger partial charge in [0.05, 0.1) is 6.61 Å². The second kappa shape index (κ2) is 3.51. The molecule has 2 aliphatic rings. The fourth-order valence-electron chi connectivity index (χ4n) is 2.57. The molecule has 2 fully saturated rings. The van der Waals surface area contributed by atoms with Gasteiger partial charge in [-0.15, -0.1) is 0 Å². The molecular weight excluding hydrogens is 180 g/mol. The monoisotopic (exact) mass is 198 g/mol. The highest BCUT2D eigenvalue weighted by molar-refractivity contribution is 5.87. The number of likely N-dealkylation sites (tertiary alicyclic amines) is 1. The molecule has 0 spiro atoms. The molecule has 0 bridgehead atoms. The number of aliphatic hydroxyl groups excluding tert-OH is 1. The third kappa shape index (κ3) is 1.53. The molecule has 1 amide bonds. The summed E-state index contributed by atoms with van der Waals surface area (Å²) in [5, 5.41) is 9.37. The summed E-state index contributed by atoms with van der Waals surface area (Å²) >= 11 is 0. The van der Waals surface area contributed by atoms with E-state index in [1.54, 1.807) is 4.90 Å². The number of aliphatic hydroxyl groups is 1. The van der Waals surface area contributed by atoms with Crippen molar-refractivity contribution in [2.24, 2.45) is 11.1 Å². The van der Waals surface area contributed by atoms with Crippen LogP contribution in [0.15, 0.2) is 0 Å². The van der Waals surface area contributed by atoms with Crippen LogP contribution >= 0.6 is 0 Å². The van der Waals surface area contributed by atoms with Crippen LogP contribution in [0.1, 0.15) is 25.7 Å². The molecule has 1 atom stereocenters. The zero-order valence-electron chi connectivity index (χ0n) is 8.41. The van der Waals surface area contributed by atoms with Crippen molar-refractivity contribution in [1.82, 2.24) is 4.90 Å². The number of hydrogen-bond acceptors (Lipinski definition) is 3. The Morgan fingerprint density at radius 1 is 1.50 bits per heavy atom. The number of amides is 1. The minimum atomic E-state index is -0.285. The van der Waals surface area contributed by atoms with Crippen molar-refractivity contribution in [3.63, 3.8) is 0 Å². The Labute approximate surface area is 84.1 Å². The molecular formula is C10H18N2O2. The third-order valence-corrected chi connectivity index (χ3v) is 3.57. The molecule has 0 aromatic heterocycles. The van der Waals surface area contributed by atoms with E-state index in [9.17, 15) is 9.90 Å². The van der Waals surface area contributed by atoms with E-state index in [4.69, 9.17) is 5.73 Å². The minimum absolute atomic E-state index is 0.0181. The third-order valence-electron chi connectivity index (χ3n) is 3.57. The summed E-state index contributed by atoms with van der Waals surface area (Å²) in [5.74, 6) is 0.0460. The summed E-state index contributed by atoms with van der Waals surface area (Å²) in [5.41, 5.74) is 5.50. The first kappa shape index (κ1) is 9.93. The average Bonchev–Trinajstić information content (AvgIpc) is 2.66. The molecule has 80 valence electrons. The summed E-state index contributed by atoms with van der Waals surface area (Å²) < 4.78 is 0. The van der Waals surface area contributed by atoms with Crippen LogP contribution in [0, 0.1) is 5.41 Å². The van der Waals surface area contributed by atoms with Gasteiger partial charge in [0, 0.05) is 18.5 Å². The molecule has 4 heteroatoms. The molecule has 4 nitrogen and oxygen atoms in total. The number of nitrogens with zero attached hydrogens (tertiary/aromatic N) is 1. The molecule has 2 rings (SSSR count). The molecule has 1 aliphatic carbocycles. The van der Waals surface area contributed by atoms with Crippen LogP contribution in [0.2, 0.25) is 0 Å². The molecule has 0 aromatic carbocycles. The Morgan fingerprint density at radius 2 is 2.14 bits per heavy atom. The van der Waals surface area contributed by atoms with Gasteiger partial charge in [0.25, 0.3) is 0 Å². The predicted octanol–water partition coefficient (Wildman–Crippen LogP) is -0.291. The van der Waals surface area contributed by atoms with Crippen molar-refractivity contribution in [3.8, 4) is 0 Å². The standard InChI is InChI=1S/C10H18N2O2/c11-8-5-12(9(8)14)6-10(7-13)3-1-2-4-10/h8,13H,1-7,11H2. The van der Waals surface area contributed by atoms with Crippen LogP contribution in [-0.4, -0.2) is 41.7 Å². The van der Waals surface area contributed by atoms with E-state index in [-0.39, 0.29) is 24.0 Å². The van der Waals surface area contributed by atoms with E-state index in [2.05, 4.69) is 0 Å². The van der Waals surface area contributed by atoms with Crippen molar-refractivity contribution in [2.75, 3.05) is 19.7 Å². The van der Waals surface area contributed by atoms with Crippen LogP contribution in [0.25, 0.3) is 0 Å². The fraction of sp³-hybridized carbons (Fsp3) is 0.900. The largest absolute Gasteiger partial charge is 0.396 e. The van der Waals surface area contributed by atoms with Gasteiger partial charge in [-0.2, -0.15) is 0 Å². The maximum Gasteiger partial charge on any atom is 0.241 e. The van der Waals surface area contributed by atoms with E-state index in [1.165, 1.54) is 12.8 Å². The highest BCUT2D eigenvalue weighted by Gasteiger charge is 2.41. The number of β-lactam (4-membered cyclic amide) rings is 1. The summed E-state index contributed by atoms with van der Waals surface area (Å²) in [6.45, 7) is 1.57. The summed E-state index contributed by atoms with van der Waals surface area (Å²) in [6, 6.07) is -0.285. The van der Waals surface area contributed by atoms with Crippen LogP contribution in [0.3, 0.4) is 0 Å². The lowest BCUT2D eigenvalue weighted by Crippen LogP contribution is -2.63. The fourth-order valence-corrected chi connectivity index (χ4v) is 2.57. The van der Waals surface area contributed by atoms with Crippen LogP contribution < -0.4 is 5.73 Å². The smallest absolute Gasteiger partial charge is 0.241 e. The second-order valence-electron chi connectivity index (χ2n) is 4.69. The van der Waals surface area contributed by atoms with Gasteiger partial charge in [-0.25, -0.2) is 0 Å². The first-order valence-electron chi connectivity index (χ1n) is 5.32. The Balaban J connectivity index is 1.92. The first-order valence-corrected chi connectivity index (χ1v) is 5.32. The predicted molar refractivity (Wildman–Crippen MR) is 52.5 cm³/mol. The van der Waals surface area contributed by atoms with E-state index < -0.39 is 0 Å². The van der Waals surface area contributed by atoms with Gasteiger partial charge >= 0.3 is 0 Å². The van der Waals surface area contributed by atoms with E-state index in [1.807, 2.05) is 0 Å². The number of carbonyl (C=O) groups is 1. The van der Waals surface area contributed by atoms with Crippen molar-refractivity contribution < 1.29 is 9.90 Å². The van der Waals surface area contributed by atoms with Crippen molar-refractivity contribution >= 4 is 5.91 Å². The van der Waals surface area contributed by atoms with E-state index in [0.29, 0.717) is 13.1 Å². The molecule has 1 heterocycles. The normalized spacial score (nSPS) is 30.6. The Bertz CT molecular complexity index is 236. The van der Waals surface area contributed by atoms with Gasteiger partial charge in [0.1, 0.15) is 6.04 Å². The topological polar surface area (TPSA) is 66.6 Å². The maximum atomic E-state index is 11.3. The molecule has 0 radical (unpaired) electrons. The molecule has 14 heavy (non-hydrogen) atoms. The van der Waals surface area contributed by atoms with E-state index >= 15 is 0 Å². The first-order chi connectivity index (χ1) is 6.67. The average molecular weight is 198 g/mol. The Kier molecular flexibility index (Phi) is 2.49. The van der Waals surface area contributed by atoms with Gasteiger partial charge in [0.2, 0.25) is 5.91 Å². The number of rotatable bonds is 3. The Hall–Kier alpha value is -0.610. The molecule has 1 unspecified atom stereocenters. The number of nitrogens with two attached hydrogens (primary N) is 1. The highest BCUT2D eigenvalue weighted by atomic mass is 16.3. The zero-order chi connectivity index (χ0) is 10.2. The van der Waals surface area contributed by atoms with Gasteiger partial charge < -0.3 is 15.7 Å². The molecule has 1 saturated carbocycles. The van der Waals surface area contributed by atoms with Gasteiger partial charge in [-0.1, -0.05) is 12.8 Å². The quantitative estimate of drug-likeness (QED) is 0.612. The van der Waals surface area contributed by atoms with Crippen LogP contribution in [0.4, 0.5) is 0 Å². The summed E-state index contributed by atoms with van der Waals surface area (Å²) in [7, 11) is 0. The summed E-state index contributed by atoms with van der Waals surface area (Å²) in [4.78, 5) is 13.1. The highest BCUT2D eigenvalue weighted by Crippen LogP contribution is 2.39. The van der Waals surface area contributed by atoms with Crippen LogP contribution in [0.5, 0.6) is 0 Å². The van der Waals surface area contributed by atoms with Gasteiger partial charge in [-0.05, 0) is 12.8 Å². The Morgan fingerprint density at radius 3 is 2.57 bits per heavy atom. The van der Waals surface area contributed by atoms with Crippen molar-refractivity contribution in [1.29, 1.82) is 0 Å². The lowest BCUT2D eigenvalue weighted by atomic mass is 9.85. The SMILES string of the molecule is NC1CN(CC2(CO)CCCC2)C1=O. The van der Waals surface area contributed by atoms with Gasteiger partial charge in [-0.3, -0.25) is 4.79 Å². The lowest BCUT2D eigenvalue weighted by molar-refractivity contribution is -0.145. The molecule has 1 aliphatic heterocycles. The van der Waals surface area contributed by atoms with Gasteiger partial charge in [0.15, 0.2) is 0 Å². The van der Waals surface area contributed by atoms with Crippen molar-refractivity contribution in [3.05, 3.63) is 0 Å². The minimum Gasteiger partial charge on any atom is -0.396 e. The van der Waals surface area contributed by atoms with Crippen molar-refractivity contribution in [2.45, 2.75) is 31.7 Å². The molecule has 1 saturated heterocycles. The summed E-state index contributed by atoms with van der Waals surface area (Å²) in [6.07, 6.45) is 4.44. The maximum absolute atomic E-state index is 11.3.